The van der Waals surface area contributed by atoms with Gasteiger partial charge in [-0.05, 0) is 63.8 Å². The van der Waals surface area contributed by atoms with Crippen molar-refractivity contribution in [1.29, 1.82) is 5.26 Å². The van der Waals surface area contributed by atoms with Gasteiger partial charge in [0.15, 0.2) is 11.6 Å². The number of nitrogens with one attached hydrogen (secondary N) is 1. The molecule has 1 aromatic carbocycles. The Morgan fingerprint density at radius 3 is 2.66 bits per heavy atom. The molecule has 3 aliphatic rings. The number of nitrogens with zero attached hydrogens (tertiary/aromatic N) is 6. The average Bonchev–Trinajstić information content (AvgIpc) is 3.40. The standard InChI is InChI=1S/C27H27ClFN7O2/c1-26(2,3)38-25(37)36-12-15-10-16(36)11-35(15)20-7-6-19-23(34-20)24(32-14-31-19)33-18-5-4-17(21(28)22(18)29)27(13-30)8-9-27/h4-7,14-16H,8-12H2,1-3H3,(H,31,32,33)/t15-,16-/m0/s1. The average molecular weight is 536 g/mol. The number of piperazine rings is 1. The van der Waals surface area contributed by atoms with Gasteiger partial charge in [0.05, 0.1) is 39.8 Å². The van der Waals surface area contributed by atoms with Gasteiger partial charge in [-0.2, -0.15) is 5.26 Å². The van der Waals surface area contributed by atoms with E-state index in [0.717, 1.165) is 12.2 Å². The number of pyridine rings is 1. The zero-order valence-corrected chi connectivity index (χ0v) is 22.1. The third-order valence-corrected chi connectivity index (χ3v) is 7.81. The first-order chi connectivity index (χ1) is 18.1. The number of hydrogen-bond acceptors (Lipinski definition) is 8. The Morgan fingerprint density at radius 2 is 2.00 bits per heavy atom. The Labute approximate surface area is 224 Å². The summed E-state index contributed by atoms with van der Waals surface area (Å²) in [7, 11) is 0. The van der Waals surface area contributed by atoms with Crippen molar-refractivity contribution in [2.45, 2.75) is 63.1 Å². The second-order valence-corrected chi connectivity index (χ2v) is 11.6. The summed E-state index contributed by atoms with van der Waals surface area (Å²) in [4.78, 5) is 30.1. The van der Waals surface area contributed by atoms with Crippen LogP contribution in [0, 0.1) is 17.1 Å². The first kappa shape index (κ1) is 24.6. The number of anilines is 3. The van der Waals surface area contributed by atoms with Gasteiger partial charge in [-0.15, -0.1) is 0 Å². The minimum absolute atomic E-state index is 0.0508. The van der Waals surface area contributed by atoms with Crippen molar-refractivity contribution in [2.75, 3.05) is 23.3 Å². The van der Waals surface area contributed by atoms with Crippen molar-refractivity contribution in [3.05, 3.63) is 47.0 Å². The van der Waals surface area contributed by atoms with Gasteiger partial charge >= 0.3 is 6.09 Å². The molecule has 2 bridgehead atoms. The maximum atomic E-state index is 15.3. The molecule has 0 spiro atoms. The molecule has 2 saturated heterocycles. The highest BCUT2D eigenvalue weighted by atomic mass is 35.5. The van der Waals surface area contributed by atoms with E-state index in [1.54, 1.807) is 17.0 Å². The monoisotopic (exact) mass is 535 g/mol. The number of hydrogen-bond donors (Lipinski definition) is 1. The van der Waals surface area contributed by atoms with Crippen LogP contribution in [-0.4, -0.2) is 56.7 Å². The van der Waals surface area contributed by atoms with Gasteiger partial charge in [0.25, 0.3) is 0 Å². The molecule has 9 nitrogen and oxygen atoms in total. The number of halogens is 2. The van der Waals surface area contributed by atoms with E-state index in [2.05, 4.69) is 26.3 Å². The number of carbonyl (C=O) groups excluding carboxylic acids is 1. The highest BCUT2D eigenvalue weighted by molar-refractivity contribution is 6.32. The number of likely N-dealkylation sites (tertiary alicyclic amines) is 1. The maximum absolute atomic E-state index is 15.3. The Kier molecular flexibility index (Phi) is 5.61. The molecule has 38 heavy (non-hydrogen) atoms. The van der Waals surface area contributed by atoms with E-state index in [-0.39, 0.29) is 28.9 Å². The Hall–Kier alpha value is -3.71. The predicted molar refractivity (Wildman–Crippen MR) is 141 cm³/mol. The van der Waals surface area contributed by atoms with Crippen LogP contribution in [0.1, 0.15) is 45.6 Å². The lowest BCUT2D eigenvalue weighted by molar-refractivity contribution is 0.0214. The van der Waals surface area contributed by atoms with E-state index in [9.17, 15) is 10.1 Å². The topological polar surface area (TPSA) is 107 Å². The normalized spacial score (nSPS) is 21.5. The van der Waals surface area contributed by atoms with Crippen LogP contribution >= 0.6 is 11.6 Å². The van der Waals surface area contributed by atoms with Crippen molar-refractivity contribution < 1.29 is 13.9 Å². The van der Waals surface area contributed by atoms with Crippen molar-refractivity contribution >= 4 is 46.1 Å². The molecule has 0 unspecified atom stereocenters. The number of ether oxygens (including phenoxy) is 1. The van der Waals surface area contributed by atoms with Gasteiger partial charge in [-0.25, -0.2) is 24.1 Å². The number of aromatic nitrogens is 3. The van der Waals surface area contributed by atoms with Crippen LogP contribution in [0.15, 0.2) is 30.6 Å². The van der Waals surface area contributed by atoms with E-state index < -0.39 is 16.8 Å². The predicted octanol–water partition coefficient (Wildman–Crippen LogP) is 5.31. The summed E-state index contributed by atoms with van der Waals surface area (Å²) < 4.78 is 20.8. The molecule has 11 heteroatoms. The zero-order valence-electron chi connectivity index (χ0n) is 21.3. The maximum Gasteiger partial charge on any atom is 0.410 e. The molecule has 0 radical (unpaired) electrons. The van der Waals surface area contributed by atoms with E-state index in [4.69, 9.17) is 21.3 Å². The van der Waals surface area contributed by atoms with E-state index in [1.165, 1.54) is 6.33 Å². The van der Waals surface area contributed by atoms with Gasteiger partial charge < -0.3 is 19.9 Å². The lowest BCUT2D eigenvalue weighted by Gasteiger charge is -2.35. The Balaban J connectivity index is 1.25. The smallest absolute Gasteiger partial charge is 0.410 e. The molecule has 1 aliphatic carbocycles. The quantitative estimate of drug-likeness (QED) is 0.478. The van der Waals surface area contributed by atoms with E-state index >= 15 is 4.39 Å². The van der Waals surface area contributed by atoms with Crippen LogP contribution < -0.4 is 10.2 Å². The molecule has 4 heterocycles. The van der Waals surface area contributed by atoms with Gasteiger partial charge in [0.1, 0.15) is 23.3 Å². The van der Waals surface area contributed by atoms with Gasteiger partial charge in [-0.1, -0.05) is 17.7 Å². The first-order valence-electron chi connectivity index (χ1n) is 12.6. The van der Waals surface area contributed by atoms with Crippen molar-refractivity contribution in [1.82, 2.24) is 19.9 Å². The fourth-order valence-electron chi connectivity index (χ4n) is 5.38. The molecular formula is C27H27ClFN7O2. The molecule has 6 rings (SSSR count). The number of amides is 1. The molecule has 2 aliphatic heterocycles. The van der Waals surface area contributed by atoms with E-state index in [1.807, 2.05) is 32.9 Å². The fraction of sp³-hybridized carbons (Fsp3) is 0.444. The second-order valence-electron chi connectivity index (χ2n) is 11.2. The van der Waals surface area contributed by atoms with E-state index in [0.29, 0.717) is 48.3 Å². The highest BCUT2D eigenvalue weighted by Gasteiger charge is 2.48. The van der Waals surface area contributed by atoms with Crippen LogP contribution in [0.5, 0.6) is 0 Å². The molecule has 3 fully saturated rings. The minimum Gasteiger partial charge on any atom is -0.444 e. The number of benzene rings is 1. The Bertz CT molecular complexity index is 1500. The third kappa shape index (κ3) is 4.15. The second kappa shape index (κ2) is 8.67. The third-order valence-electron chi connectivity index (χ3n) is 7.45. The SMILES string of the molecule is CC(C)(C)OC(=O)N1C[C@@H]2C[C@H]1CN2c1ccc2ncnc(Nc3ccc(C4(C#N)CC4)c(Cl)c3F)c2n1. The molecule has 1 N–H and O–H groups in total. The largest absolute Gasteiger partial charge is 0.444 e. The lowest BCUT2D eigenvalue weighted by Crippen LogP contribution is -2.50. The zero-order chi connectivity index (χ0) is 26.8. The summed E-state index contributed by atoms with van der Waals surface area (Å²) in [5.41, 5.74) is 0.529. The van der Waals surface area contributed by atoms with Crippen LogP contribution in [0.2, 0.25) is 5.02 Å². The summed E-state index contributed by atoms with van der Waals surface area (Å²) in [5, 5.41) is 12.5. The molecule has 1 amide bonds. The summed E-state index contributed by atoms with van der Waals surface area (Å²) in [6.07, 6.45) is 3.30. The van der Waals surface area contributed by atoms with Crippen LogP contribution in [0.25, 0.3) is 11.0 Å². The van der Waals surface area contributed by atoms with Crippen LogP contribution in [0.4, 0.5) is 26.5 Å². The molecule has 2 atom stereocenters. The first-order valence-corrected chi connectivity index (χ1v) is 13.0. The molecule has 196 valence electrons. The van der Waals surface area contributed by atoms with Crippen molar-refractivity contribution in [3.63, 3.8) is 0 Å². The number of rotatable bonds is 4. The molecule has 3 aromatic rings. The van der Waals surface area contributed by atoms with Crippen molar-refractivity contribution in [2.24, 2.45) is 0 Å². The summed E-state index contributed by atoms with van der Waals surface area (Å²) in [6, 6.07) is 9.47. The van der Waals surface area contributed by atoms with Gasteiger partial charge in [0, 0.05) is 13.1 Å². The van der Waals surface area contributed by atoms with Crippen LogP contribution in [-0.2, 0) is 10.2 Å². The number of carbonyl (C=O) groups is 1. The summed E-state index contributed by atoms with van der Waals surface area (Å²) in [6.45, 7) is 6.80. The number of fused-ring (bicyclic) bond motifs is 3. The summed E-state index contributed by atoms with van der Waals surface area (Å²) in [5.74, 6) is 0.457. The summed E-state index contributed by atoms with van der Waals surface area (Å²) >= 11 is 6.34. The van der Waals surface area contributed by atoms with Gasteiger partial charge in [0.2, 0.25) is 0 Å². The fourth-order valence-corrected chi connectivity index (χ4v) is 5.73. The Morgan fingerprint density at radius 1 is 1.21 bits per heavy atom. The van der Waals surface area contributed by atoms with Crippen molar-refractivity contribution in [3.8, 4) is 6.07 Å². The van der Waals surface area contributed by atoms with Gasteiger partial charge in [-0.3, -0.25) is 0 Å². The number of nitriles is 1. The molecule has 1 saturated carbocycles. The van der Waals surface area contributed by atoms with Crippen LogP contribution in [0.3, 0.4) is 0 Å². The molecular weight excluding hydrogens is 509 g/mol. The lowest BCUT2D eigenvalue weighted by atomic mass is 9.97. The highest BCUT2D eigenvalue weighted by Crippen LogP contribution is 2.51. The minimum atomic E-state index is -0.692. The molecule has 2 aromatic heterocycles.